The standard InChI is InChI=1S/C10H8F2N2O2/c11-10(12,4-8(15)16)7-5-14-9-6(7)2-1-3-13-9/h1-3,5H,4H2,(H,13,14)(H,15,16). The van der Waals surface area contributed by atoms with Crippen molar-refractivity contribution in [3.63, 3.8) is 0 Å². The highest BCUT2D eigenvalue weighted by Crippen LogP contribution is 2.35. The van der Waals surface area contributed by atoms with E-state index in [0.29, 0.717) is 5.65 Å². The summed E-state index contributed by atoms with van der Waals surface area (Å²) in [4.78, 5) is 16.8. The topological polar surface area (TPSA) is 66.0 Å². The normalized spacial score (nSPS) is 11.9. The van der Waals surface area contributed by atoms with E-state index in [9.17, 15) is 13.6 Å². The third-order valence-electron chi connectivity index (χ3n) is 2.22. The number of nitrogens with zero attached hydrogens (tertiary/aromatic N) is 1. The van der Waals surface area contributed by atoms with Gasteiger partial charge in [0, 0.05) is 23.3 Å². The van der Waals surface area contributed by atoms with Gasteiger partial charge in [0.2, 0.25) is 0 Å². The van der Waals surface area contributed by atoms with Crippen LogP contribution in [0.1, 0.15) is 12.0 Å². The van der Waals surface area contributed by atoms with E-state index >= 15 is 0 Å². The number of aromatic nitrogens is 2. The molecule has 2 heterocycles. The zero-order chi connectivity index (χ0) is 11.8. The minimum Gasteiger partial charge on any atom is -0.481 e. The van der Waals surface area contributed by atoms with Crippen molar-refractivity contribution in [2.45, 2.75) is 12.3 Å². The van der Waals surface area contributed by atoms with Gasteiger partial charge in [-0.2, -0.15) is 0 Å². The minimum atomic E-state index is -3.40. The van der Waals surface area contributed by atoms with Gasteiger partial charge in [-0.15, -0.1) is 0 Å². The Kier molecular flexibility index (Phi) is 2.34. The molecule has 0 aliphatic heterocycles. The predicted octanol–water partition coefficient (Wildman–Crippen LogP) is 2.13. The Hall–Kier alpha value is -1.98. The van der Waals surface area contributed by atoms with Crippen LogP contribution in [0.3, 0.4) is 0 Å². The molecule has 84 valence electrons. The van der Waals surface area contributed by atoms with Crippen LogP contribution in [0.15, 0.2) is 24.5 Å². The van der Waals surface area contributed by atoms with Gasteiger partial charge in [-0.05, 0) is 12.1 Å². The molecule has 2 rings (SSSR count). The van der Waals surface area contributed by atoms with E-state index in [4.69, 9.17) is 5.11 Å². The molecule has 0 unspecified atom stereocenters. The van der Waals surface area contributed by atoms with Crippen molar-refractivity contribution in [1.82, 2.24) is 9.97 Å². The lowest BCUT2D eigenvalue weighted by atomic mass is 10.1. The second-order valence-electron chi connectivity index (χ2n) is 3.38. The van der Waals surface area contributed by atoms with Crippen LogP contribution in [0.5, 0.6) is 0 Å². The Bertz CT molecular complexity index is 536. The van der Waals surface area contributed by atoms with Crippen LogP contribution in [-0.2, 0) is 10.7 Å². The molecule has 2 N–H and O–H groups in total. The Balaban J connectivity index is 2.50. The SMILES string of the molecule is O=C(O)CC(F)(F)c1c[nH]c2ncccc12. The number of H-pyrrole nitrogens is 1. The fraction of sp³-hybridized carbons (Fsp3) is 0.200. The van der Waals surface area contributed by atoms with Crippen LogP contribution in [0.25, 0.3) is 11.0 Å². The van der Waals surface area contributed by atoms with Gasteiger partial charge < -0.3 is 10.1 Å². The number of carboxylic acids is 1. The molecule has 6 heteroatoms. The first-order valence-electron chi connectivity index (χ1n) is 4.53. The molecule has 0 saturated heterocycles. The maximum Gasteiger partial charge on any atom is 0.309 e. The number of fused-ring (bicyclic) bond motifs is 1. The molecule has 0 atom stereocenters. The Morgan fingerprint density at radius 2 is 2.31 bits per heavy atom. The van der Waals surface area contributed by atoms with Crippen LogP contribution < -0.4 is 0 Å². The molecule has 0 bridgehead atoms. The van der Waals surface area contributed by atoms with E-state index in [2.05, 4.69) is 9.97 Å². The monoisotopic (exact) mass is 226 g/mol. The Labute approximate surface area is 88.9 Å². The molecule has 0 amide bonds. The van der Waals surface area contributed by atoms with E-state index in [1.807, 2.05) is 0 Å². The van der Waals surface area contributed by atoms with Crippen molar-refractivity contribution in [3.05, 3.63) is 30.1 Å². The van der Waals surface area contributed by atoms with Gasteiger partial charge in [0.25, 0.3) is 5.92 Å². The first-order valence-corrected chi connectivity index (χ1v) is 4.53. The molecule has 2 aromatic rings. The molecule has 0 spiro atoms. The van der Waals surface area contributed by atoms with E-state index < -0.39 is 18.3 Å². The number of carboxylic acid groups (broad SMARTS) is 1. The van der Waals surface area contributed by atoms with Gasteiger partial charge in [-0.3, -0.25) is 4.79 Å². The highest BCUT2D eigenvalue weighted by atomic mass is 19.3. The van der Waals surface area contributed by atoms with E-state index in [0.717, 1.165) is 6.20 Å². The number of aliphatic carboxylic acids is 1. The average molecular weight is 226 g/mol. The minimum absolute atomic E-state index is 0.244. The maximum atomic E-state index is 13.5. The Morgan fingerprint density at radius 3 is 3.00 bits per heavy atom. The first kappa shape index (κ1) is 10.5. The highest BCUT2D eigenvalue weighted by Gasteiger charge is 2.37. The Morgan fingerprint density at radius 1 is 1.56 bits per heavy atom. The average Bonchev–Trinajstić information content (AvgIpc) is 2.59. The van der Waals surface area contributed by atoms with Crippen LogP contribution >= 0.6 is 0 Å². The van der Waals surface area contributed by atoms with Gasteiger partial charge >= 0.3 is 5.97 Å². The molecular formula is C10H8F2N2O2. The molecule has 2 aromatic heterocycles. The van der Waals surface area contributed by atoms with Crippen molar-refractivity contribution < 1.29 is 18.7 Å². The smallest absolute Gasteiger partial charge is 0.309 e. The van der Waals surface area contributed by atoms with E-state index in [1.165, 1.54) is 18.3 Å². The summed E-state index contributed by atoms with van der Waals surface area (Å²) in [5, 5.41) is 8.66. The van der Waals surface area contributed by atoms with Crippen LogP contribution in [-0.4, -0.2) is 21.0 Å². The molecule has 0 aromatic carbocycles. The number of aromatic amines is 1. The first-order chi connectivity index (χ1) is 7.50. The van der Waals surface area contributed by atoms with Gasteiger partial charge in [0.15, 0.2) is 0 Å². The van der Waals surface area contributed by atoms with Crippen molar-refractivity contribution >= 4 is 17.0 Å². The number of nitrogens with one attached hydrogen (secondary N) is 1. The largest absolute Gasteiger partial charge is 0.481 e. The number of pyridine rings is 1. The summed E-state index contributed by atoms with van der Waals surface area (Å²) < 4.78 is 27.1. The zero-order valence-electron chi connectivity index (χ0n) is 8.08. The van der Waals surface area contributed by atoms with E-state index in [1.54, 1.807) is 0 Å². The van der Waals surface area contributed by atoms with Crippen molar-refractivity contribution in [2.24, 2.45) is 0 Å². The fourth-order valence-corrected chi connectivity index (χ4v) is 1.54. The summed E-state index contributed by atoms with van der Waals surface area (Å²) in [5.74, 6) is -4.93. The molecule has 4 nitrogen and oxygen atoms in total. The van der Waals surface area contributed by atoms with Crippen LogP contribution in [0, 0.1) is 0 Å². The maximum absolute atomic E-state index is 13.5. The molecule has 0 fully saturated rings. The lowest BCUT2D eigenvalue weighted by Gasteiger charge is -2.12. The van der Waals surface area contributed by atoms with Gasteiger partial charge in [0.1, 0.15) is 12.1 Å². The fourth-order valence-electron chi connectivity index (χ4n) is 1.54. The number of halogens is 2. The number of hydrogen-bond donors (Lipinski definition) is 2. The summed E-state index contributed by atoms with van der Waals surface area (Å²) in [5.41, 5.74) is -0.0134. The number of carbonyl (C=O) groups is 1. The predicted molar refractivity (Wildman–Crippen MR) is 52.2 cm³/mol. The zero-order valence-corrected chi connectivity index (χ0v) is 8.08. The van der Waals surface area contributed by atoms with E-state index in [-0.39, 0.29) is 10.9 Å². The summed E-state index contributed by atoms with van der Waals surface area (Å²) in [6.45, 7) is 0. The third-order valence-corrected chi connectivity index (χ3v) is 2.22. The van der Waals surface area contributed by atoms with Gasteiger partial charge in [-0.25, -0.2) is 13.8 Å². The molecule has 0 aliphatic carbocycles. The number of rotatable bonds is 3. The molecule has 0 aliphatic rings. The third kappa shape index (κ3) is 1.73. The second kappa shape index (κ2) is 3.55. The second-order valence-corrected chi connectivity index (χ2v) is 3.38. The summed E-state index contributed by atoms with van der Waals surface area (Å²) >= 11 is 0. The van der Waals surface area contributed by atoms with Gasteiger partial charge in [0.05, 0.1) is 0 Å². The van der Waals surface area contributed by atoms with Crippen molar-refractivity contribution in [3.8, 4) is 0 Å². The lowest BCUT2D eigenvalue weighted by molar-refractivity contribution is -0.145. The van der Waals surface area contributed by atoms with Crippen molar-refractivity contribution in [2.75, 3.05) is 0 Å². The molecular weight excluding hydrogens is 218 g/mol. The summed E-state index contributed by atoms with van der Waals surface area (Å²) in [7, 11) is 0. The highest BCUT2D eigenvalue weighted by molar-refractivity contribution is 5.81. The van der Waals surface area contributed by atoms with Gasteiger partial charge in [-0.1, -0.05) is 0 Å². The summed E-state index contributed by atoms with van der Waals surface area (Å²) in [6.07, 6.45) is 1.34. The molecule has 0 saturated carbocycles. The molecule has 0 radical (unpaired) electrons. The molecule has 16 heavy (non-hydrogen) atoms. The number of alkyl halides is 2. The quantitative estimate of drug-likeness (QED) is 0.842. The van der Waals surface area contributed by atoms with Crippen molar-refractivity contribution in [1.29, 1.82) is 0 Å². The van der Waals surface area contributed by atoms with Crippen LogP contribution in [0.4, 0.5) is 8.78 Å². The van der Waals surface area contributed by atoms with Crippen LogP contribution in [0.2, 0.25) is 0 Å². The lowest BCUT2D eigenvalue weighted by Crippen LogP contribution is -2.18. The number of hydrogen-bond acceptors (Lipinski definition) is 2. The summed E-state index contributed by atoms with van der Waals surface area (Å²) in [6, 6.07) is 3.00.